The molecule has 6 nitrogen and oxygen atoms in total. The molecule has 0 unspecified atom stereocenters. The summed E-state index contributed by atoms with van der Waals surface area (Å²) >= 11 is 0. The topological polar surface area (TPSA) is 73.7 Å². The van der Waals surface area contributed by atoms with Gasteiger partial charge in [-0.05, 0) is 25.0 Å². The van der Waals surface area contributed by atoms with Crippen molar-refractivity contribution in [3.05, 3.63) is 30.1 Å². The fourth-order valence-corrected chi connectivity index (χ4v) is 2.40. The lowest BCUT2D eigenvalue weighted by atomic mass is 9.99. The maximum absolute atomic E-state index is 12.3. The van der Waals surface area contributed by atoms with Crippen molar-refractivity contribution in [2.45, 2.75) is 19.4 Å². The highest BCUT2D eigenvalue weighted by molar-refractivity contribution is 5.76. The first-order valence-corrected chi connectivity index (χ1v) is 6.70. The third-order valence-electron chi connectivity index (χ3n) is 3.49. The quantitative estimate of drug-likeness (QED) is 0.907. The Morgan fingerprint density at radius 3 is 2.95 bits per heavy atom. The number of urea groups is 1. The third kappa shape index (κ3) is 3.46. The first kappa shape index (κ1) is 14.3. The molecular weight excluding hydrogens is 258 g/mol. The van der Waals surface area contributed by atoms with Gasteiger partial charge in [0.05, 0.1) is 18.2 Å². The molecule has 1 saturated heterocycles. The molecule has 2 rings (SSSR count). The van der Waals surface area contributed by atoms with Crippen LogP contribution in [-0.2, 0) is 11.3 Å². The van der Waals surface area contributed by atoms with E-state index in [2.05, 4.69) is 4.98 Å². The molecule has 1 fully saturated rings. The van der Waals surface area contributed by atoms with Crippen molar-refractivity contribution >= 4 is 12.0 Å². The van der Waals surface area contributed by atoms with Gasteiger partial charge in [-0.3, -0.25) is 9.78 Å². The molecule has 0 radical (unpaired) electrons. The number of rotatable bonds is 3. The minimum absolute atomic E-state index is 0.137. The van der Waals surface area contributed by atoms with E-state index in [4.69, 9.17) is 5.11 Å². The standard InChI is InChI=1S/C14H19N3O3/c1-16(10-12-6-2-3-7-15-12)14(20)17-8-4-5-11(9-17)13(18)19/h2-3,6-7,11H,4-5,8-10H2,1H3,(H,18,19)/t11-/m0/s1. The summed E-state index contributed by atoms with van der Waals surface area (Å²) in [6.45, 7) is 1.34. The van der Waals surface area contributed by atoms with Crippen molar-refractivity contribution in [3.8, 4) is 0 Å². The number of hydrogen-bond donors (Lipinski definition) is 1. The van der Waals surface area contributed by atoms with Crippen LogP contribution >= 0.6 is 0 Å². The highest BCUT2D eigenvalue weighted by Crippen LogP contribution is 2.18. The molecule has 1 aliphatic heterocycles. The summed E-state index contributed by atoms with van der Waals surface area (Å²) in [4.78, 5) is 30.7. The summed E-state index contributed by atoms with van der Waals surface area (Å²) in [5.41, 5.74) is 0.815. The molecule has 1 aliphatic rings. The van der Waals surface area contributed by atoms with Crippen LogP contribution in [0.2, 0.25) is 0 Å². The van der Waals surface area contributed by atoms with Gasteiger partial charge < -0.3 is 14.9 Å². The Kier molecular flexibility index (Phi) is 4.55. The normalized spacial score (nSPS) is 18.6. The van der Waals surface area contributed by atoms with Gasteiger partial charge in [-0.15, -0.1) is 0 Å². The molecule has 6 heteroatoms. The summed E-state index contributed by atoms with van der Waals surface area (Å²) in [6, 6.07) is 5.43. The van der Waals surface area contributed by atoms with Gasteiger partial charge in [-0.2, -0.15) is 0 Å². The van der Waals surface area contributed by atoms with Gasteiger partial charge in [0.2, 0.25) is 0 Å². The van der Waals surface area contributed by atoms with Crippen LogP contribution in [0.25, 0.3) is 0 Å². The van der Waals surface area contributed by atoms with Gasteiger partial charge in [0.15, 0.2) is 0 Å². The van der Waals surface area contributed by atoms with E-state index in [0.29, 0.717) is 26.1 Å². The van der Waals surface area contributed by atoms with Crippen molar-refractivity contribution < 1.29 is 14.7 Å². The van der Waals surface area contributed by atoms with Crippen LogP contribution in [-0.4, -0.2) is 52.0 Å². The highest BCUT2D eigenvalue weighted by Gasteiger charge is 2.29. The van der Waals surface area contributed by atoms with Crippen LogP contribution in [0.15, 0.2) is 24.4 Å². The Balaban J connectivity index is 1.94. The van der Waals surface area contributed by atoms with E-state index in [1.54, 1.807) is 23.0 Å². The van der Waals surface area contributed by atoms with E-state index in [1.807, 2.05) is 18.2 Å². The average Bonchev–Trinajstić information content (AvgIpc) is 2.47. The number of likely N-dealkylation sites (tertiary alicyclic amines) is 1. The fraction of sp³-hybridized carbons (Fsp3) is 0.500. The van der Waals surface area contributed by atoms with E-state index in [0.717, 1.165) is 12.1 Å². The molecule has 0 spiro atoms. The Morgan fingerprint density at radius 2 is 2.30 bits per heavy atom. The molecular formula is C14H19N3O3. The van der Waals surface area contributed by atoms with E-state index < -0.39 is 11.9 Å². The molecule has 0 saturated carbocycles. The first-order chi connectivity index (χ1) is 9.58. The van der Waals surface area contributed by atoms with E-state index >= 15 is 0 Å². The van der Waals surface area contributed by atoms with E-state index in [9.17, 15) is 9.59 Å². The average molecular weight is 277 g/mol. The van der Waals surface area contributed by atoms with Crippen molar-refractivity contribution in [1.82, 2.24) is 14.8 Å². The van der Waals surface area contributed by atoms with Gasteiger partial charge in [-0.25, -0.2) is 4.79 Å². The number of carboxylic acids is 1. The lowest BCUT2D eigenvalue weighted by Crippen LogP contribution is -2.47. The number of pyridine rings is 1. The second kappa shape index (κ2) is 6.36. The Labute approximate surface area is 118 Å². The largest absolute Gasteiger partial charge is 0.481 e. The molecule has 1 N–H and O–H groups in total. The zero-order valence-corrected chi connectivity index (χ0v) is 11.5. The number of carbonyl (C=O) groups excluding carboxylic acids is 1. The molecule has 0 aliphatic carbocycles. The van der Waals surface area contributed by atoms with E-state index in [-0.39, 0.29) is 6.03 Å². The van der Waals surface area contributed by atoms with Gasteiger partial charge in [0.25, 0.3) is 0 Å². The van der Waals surface area contributed by atoms with Crippen LogP contribution in [0, 0.1) is 5.92 Å². The Morgan fingerprint density at radius 1 is 1.50 bits per heavy atom. The van der Waals surface area contributed by atoms with Crippen LogP contribution in [0.3, 0.4) is 0 Å². The van der Waals surface area contributed by atoms with Gasteiger partial charge >= 0.3 is 12.0 Å². The zero-order valence-electron chi connectivity index (χ0n) is 11.5. The summed E-state index contributed by atoms with van der Waals surface area (Å²) in [7, 11) is 1.71. The number of carbonyl (C=O) groups is 2. The third-order valence-corrected chi connectivity index (χ3v) is 3.49. The van der Waals surface area contributed by atoms with Crippen LogP contribution in [0.4, 0.5) is 4.79 Å². The number of nitrogens with zero attached hydrogens (tertiary/aromatic N) is 3. The van der Waals surface area contributed by atoms with E-state index in [1.165, 1.54) is 0 Å². The molecule has 1 aromatic rings. The molecule has 0 aromatic carbocycles. The second-order valence-electron chi connectivity index (χ2n) is 5.08. The number of carboxylic acid groups (broad SMARTS) is 1. The monoisotopic (exact) mass is 277 g/mol. The van der Waals surface area contributed by atoms with Crippen molar-refractivity contribution in [3.63, 3.8) is 0 Å². The van der Waals surface area contributed by atoms with Crippen molar-refractivity contribution in [2.75, 3.05) is 20.1 Å². The lowest BCUT2D eigenvalue weighted by Gasteiger charge is -2.33. The maximum atomic E-state index is 12.3. The minimum atomic E-state index is -0.824. The predicted molar refractivity (Wildman–Crippen MR) is 73.0 cm³/mol. The van der Waals surface area contributed by atoms with Crippen molar-refractivity contribution in [2.24, 2.45) is 5.92 Å². The second-order valence-corrected chi connectivity index (χ2v) is 5.08. The van der Waals surface area contributed by atoms with Crippen LogP contribution < -0.4 is 0 Å². The lowest BCUT2D eigenvalue weighted by molar-refractivity contribution is -0.143. The molecule has 2 heterocycles. The Hall–Kier alpha value is -2.11. The first-order valence-electron chi connectivity index (χ1n) is 6.70. The number of aliphatic carboxylic acids is 1. The van der Waals surface area contributed by atoms with Gasteiger partial charge in [-0.1, -0.05) is 6.07 Å². The van der Waals surface area contributed by atoms with Crippen LogP contribution in [0.1, 0.15) is 18.5 Å². The summed E-state index contributed by atoms with van der Waals surface area (Å²) < 4.78 is 0. The predicted octanol–water partition coefficient (Wildman–Crippen LogP) is 1.43. The fourth-order valence-electron chi connectivity index (χ4n) is 2.40. The zero-order chi connectivity index (χ0) is 14.5. The molecule has 0 bridgehead atoms. The number of piperidine rings is 1. The van der Waals surface area contributed by atoms with Crippen molar-refractivity contribution in [1.29, 1.82) is 0 Å². The smallest absolute Gasteiger partial charge is 0.320 e. The van der Waals surface area contributed by atoms with Gasteiger partial charge in [0, 0.05) is 26.3 Å². The van der Waals surface area contributed by atoms with Gasteiger partial charge in [0.1, 0.15) is 0 Å². The molecule has 1 atom stereocenters. The molecule has 20 heavy (non-hydrogen) atoms. The maximum Gasteiger partial charge on any atom is 0.320 e. The highest BCUT2D eigenvalue weighted by atomic mass is 16.4. The summed E-state index contributed by atoms with van der Waals surface area (Å²) in [5.74, 6) is -1.27. The number of hydrogen-bond acceptors (Lipinski definition) is 3. The Bertz CT molecular complexity index is 478. The SMILES string of the molecule is CN(Cc1ccccn1)C(=O)N1CCC[C@H](C(=O)O)C1. The molecule has 1 aromatic heterocycles. The number of amides is 2. The molecule has 2 amide bonds. The summed E-state index contributed by atoms with van der Waals surface area (Å²) in [5, 5.41) is 9.05. The minimum Gasteiger partial charge on any atom is -0.481 e. The van der Waals surface area contributed by atoms with Crippen LogP contribution in [0.5, 0.6) is 0 Å². The number of aromatic nitrogens is 1. The summed E-state index contributed by atoms with van der Waals surface area (Å²) in [6.07, 6.45) is 3.07. The molecule has 108 valence electrons.